The summed E-state index contributed by atoms with van der Waals surface area (Å²) in [4.78, 5) is 15.6. The van der Waals surface area contributed by atoms with Gasteiger partial charge in [0.05, 0.1) is 11.4 Å². The van der Waals surface area contributed by atoms with Crippen LogP contribution in [0.15, 0.2) is 30.5 Å². The monoisotopic (exact) mass is 282 g/mol. The van der Waals surface area contributed by atoms with E-state index in [4.69, 9.17) is 5.84 Å². The number of nitrogens with two attached hydrogens (primary N) is 1. The van der Waals surface area contributed by atoms with Gasteiger partial charge in [-0.15, -0.1) is 0 Å². The van der Waals surface area contributed by atoms with E-state index in [1.54, 1.807) is 0 Å². The molecule has 104 valence electrons. The molecule has 0 atom stereocenters. The van der Waals surface area contributed by atoms with E-state index < -0.39 is 29.0 Å². The molecule has 0 radical (unpaired) electrons. The molecule has 1 heterocycles. The highest BCUT2D eigenvalue weighted by Gasteiger charge is 2.14. The molecule has 8 heteroatoms. The molecule has 0 saturated carbocycles. The fraction of sp³-hybridized carbons (Fsp3) is 0. The summed E-state index contributed by atoms with van der Waals surface area (Å²) in [6.45, 7) is 0. The quantitative estimate of drug-likeness (QED) is 0.457. The Balaban J connectivity index is 2.25. The van der Waals surface area contributed by atoms with Gasteiger partial charge in [-0.25, -0.2) is 13.2 Å². The van der Waals surface area contributed by atoms with Gasteiger partial charge in [-0.1, -0.05) is 0 Å². The number of halogens is 3. The maximum atomic E-state index is 13.4. The minimum absolute atomic E-state index is 0.0652. The Morgan fingerprint density at radius 3 is 2.50 bits per heavy atom. The first-order chi connectivity index (χ1) is 9.51. The summed E-state index contributed by atoms with van der Waals surface area (Å²) in [5.41, 5.74) is 2.17. The van der Waals surface area contributed by atoms with E-state index >= 15 is 0 Å². The minimum atomic E-state index is -1.34. The van der Waals surface area contributed by atoms with Gasteiger partial charge in [-0.05, 0) is 12.1 Å². The van der Waals surface area contributed by atoms with Gasteiger partial charge >= 0.3 is 0 Å². The van der Waals surface area contributed by atoms with Gasteiger partial charge in [0, 0.05) is 18.3 Å². The maximum absolute atomic E-state index is 13.4. The van der Waals surface area contributed by atoms with E-state index in [1.165, 1.54) is 18.3 Å². The number of rotatable bonds is 3. The van der Waals surface area contributed by atoms with Crippen molar-refractivity contribution in [2.75, 3.05) is 10.7 Å². The van der Waals surface area contributed by atoms with Crippen LogP contribution in [0.4, 0.5) is 24.5 Å². The van der Waals surface area contributed by atoms with Crippen molar-refractivity contribution in [2.24, 2.45) is 5.84 Å². The molecule has 20 heavy (non-hydrogen) atoms. The van der Waals surface area contributed by atoms with Crippen molar-refractivity contribution in [1.29, 1.82) is 0 Å². The second kappa shape index (κ2) is 5.57. The third-order valence-corrected chi connectivity index (χ3v) is 2.42. The summed E-state index contributed by atoms with van der Waals surface area (Å²) in [5, 5.41) is 2.09. The molecule has 1 aromatic heterocycles. The number of aromatic nitrogens is 1. The highest BCUT2D eigenvalue weighted by Crippen LogP contribution is 2.19. The standard InChI is InChI=1S/C12H9F3N4O/c13-7-4-9(15)10(5-8(7)14)18-12(20)11-3-6(19-16)1-2-17-11/h1-5H,16H2,(H,17,19)(H,18,20). The third kappa shape index (κ3) is 2.86. The lowest BCUT2D eigenvalue weighted by Gasteiger charge is -2.07. The van der Waals surface area contributed by atoms with Crippen LogP contribution in [0.1, 0.15) is 10.5 Å². The zero-order valence-corrected chi connectivity index (χ0v) is 9.95. The Hall–Kier alpha value is -2.61. The number of hydrogen-bond donors (Lipinski definition) is 3. The van der Waals surface area contributed by atoms with Crippen molar-refractivity contribution >= 4 is 17.3 Å². The summed E-state index contributed by atoms with van der Waals surface area (Å²) >= 11 is 0. The molecular formula is C12H9F3N4O. The number of nitrogens with one attached hydrogen (secondary N) is 2. The molecule has 0 spiro atoms. The molecule has 4 N–H and O–H groups in total. The molecule has 0 aliphatic carbocycles. The smallest absolute Gasteiger partial charge is 0.274 e. The average Bonchev–Trinajstić information content (AvgIpc) is 2.44. The van der Waals surface area contributed by atoms with E-state index in [1.807, 2.05) is 0 Å². The van der Waals surface area contributed by atoms with E-state index in [-0.39, 0.29) is 5.69 Å². The van der Waals surface area contributed by atoms with Gasteiger partial charge in [0.2, 0.25) is 0 Å². The molecule has 2 rings (SSSR count). The van der Waals surface area contributed by atoms with Gasteiger partial charge < -0.3 is 10.7 Å². The number of benzene rings is 1. The zero-order chi connectivity index (χ0) is 14.7. The van der Waals surface area contributed by atoms with Crippen LogP contribution in [0.2, 0.25) is 0 Å². The Kier molecular flexibility index (Phi) is 3.85. The predicted octanol–water partition coefficient (Wildman–Crippen LogP) is 2.04. The Labute approximate surface area is 111 Å². The maximum Gasteiger partial charge on any atom is 0.274 e. The Bertz CT molecular complexity index is 663. The molecule has 1 aromatic carbocycles. The van der Waals surface area contributed by atoms with Crippen molar-refractivity contribution in [2.45, 2.75) is 0 Å². The fourth-order valence-electron chi connectivity index (χ4n) is 1.45. The first-order valence-corrected chi connectivity index (χ1v) is 5.40. The second-order valence-electron chi connectivity index (χ2n) is 3.77. The topological polar surface area (TPSA) is 80.0 Å². The van der Waals surface area contributed by atoms with Crippen LogP contribution >= 0.6 is 0 Å². The number of amides is 1. The highest BCUT2D eigenvalue weighted by molar-refractivity contribution is 6.03. The number of pyridine rings is 1. The molecule has 0 bridgehead atoms. The lowest BCUT2D eigenvalue weighted by atomic mass is 10.2. The van der Waals surface area contributed by atoms with Gasteiger partial charge in [-0.2, -0.15) is 0 Å². The predicted molar refractivity (Wildman–Crippen MR) is 66.3 cm³/mol. The van der Waals surface area contributed by atoms with Crippen molar-refractivity contribution in [3.8, 4) is 0 Å². The minimum Gasteiger partial charge on any atom is -0.324 e. The van der Waals surface area contributed by atoms with Gasteiger partial charge in [0.1, 0.15) is 11.5 Å². The van der Waals surface area contributed by atoms with Crippen molar-refractivity contribution in [3.05, 3.63) is 53.6 Å². The molecule has 2 aromatic rings. The molecular weight excluding hydrogens is 273 g/mol. The molecule has 0 aliphatic rings. The summed E-state index contributed by atoms with van der Waals surface area (Å²) < 4.78 is 39.1. The number of hydrazine groups is 1. The molecule has 0 aliphatic heterocycles. The van der Waals surface area contributed by atoms with Crippen molar-refractivity contribution < 1.29 is 18.0 Å². The molecule has 1 amide bonds. The van der Waals surface area contributed by atoms with Gasteiger partial charge in [-0.3, -0.25) is 15.6 Å². The molecule has 0 saturated heterocycles. The molecule has 5 nitrogen and oxygen atoms in total. The lowest BCUT2D eigenvalue weighted by Crippen LogP contribution is -2.16. The van der Waals surface area contributed by atoms with Crippen LogP contribution in [0.25, 0.3) is 0 Å². The molecule has 0 fully saturated rings. The van der Waals surface area contributed by atoms with Gasteiger partial charge in [0.25, 0.3) is 5.91 Å². The van der Waals surface area contributed by atoms with Crippen molar-refractivity contribution in [3.63, 3.8) is 0 Å². The highest BCUT2D eigenvalue weighted by atomic mass is 19.2. The van der Waals surface area contributed by atoms with E-state index in [9.17, 15) is 18.0 Å². The van der Waals surface area contributed by atoms with E-state index in [0.29, 0.717) is 17.8 Å². The number of carbonyl (C=O) groups is 1. The average molecular weight is 282 g/mol. The van der Waals surface area contributed by atoms with Crippen LogP contribution in [0.5, 0.6) is 0 Å². The van der Waals surface area contributed by atoms with E-state index in [2.05, 4.69) is 15.7 Å². The summed E-state index contributed by atoms with van der Waals surface area (Å²) in [5.74, 6) is 0.683. The number of carbonyl (C=O) groups excluding carboxylic acids is 1. The number of hydrogen-bond acceptors (Lipinski definition) is 4. The van der Waals surface area contributed by atoms with Crippen LogP contribution in [-0.4, -0.2) is 10.9 Å². The lowest BCUT2D eigenvalue weighted by molar-refractivity contribution is 0.102. The number of nitrogen functional groups attached to an aromatic ring is 1. The first kappa shape index (κ1) is 13.8. The summed E-state index contributed by atoms with van der Waals surface area (Å²) in [7, 11) is 0. The summed E-state index contributed by atoms with van der Waals surface area (Å²) in [6, 6.07) is 3.71. The number of nitrogens with zero attached hydrogens (tertiary/aromatic N) is 1. The molecule has 0 unspecified atom stereocenters. The Morgan fingerprint density at radius 1 is 1.10 bits per heavy atom. The second-order valence-corrected chi connectivity index (χ2v) is 3.77. The SMILES string of the molecule is NNc1ccnc(C(=O)Nc2cc(F)c(F)cc2F)c1. The first-order valence-electron chi connectivity index (χ1n) is 5.40. The fourth-order valence-corrected chi connectivity index (χ4v) is 1.45. The van der Waals surface area contributed by atoms with Crippen LogP contribution in [0, 0.1) is 17.5 Å². The zero-order valence-electron chi connectivity index (χ0n) is 9.95. The Morgan fingerprint density at radius 2 is 1.80 bits per heavy atom. The summed E-state index contributed by atoms with van der Waals surface area (Å²) in [6.07, 6.45) is 1.31. The van der Waals surface area contributed by atoms with Crippen LogP contribution in [0.3, 0.4) is 0 Å². The largest absolute Gasteiger partial charge is 0.324 e. The number of anilines is 2. The van der Waals surface area contributed by atoms with Crippen LogP contribution in [-0.2, 0) is 0 Å². The van der Waals surface area contributed by atoms with E-state index in [0.717, 1.165) is 0 Å². The third-order valence-electron chi connectivity index (χ3n) is 2.42. The van der Waals surface area contributed by atoms with Gasteiger partial charge in [0.15, 0.2) is 11.6 Å². The normalized spacial score (nSPS) is 10.2. The van der Waals surface area contributed by atoms with Crippen LogP contribution < -0.4 is 16.6 Å². The van der Waals surface area contributed by atoms with Crippen molar-refractivity contribution in [1.82, 2.24) is 4.98 Å².